The standard InChI is InChI=1S/C17H14N4OS/c1-8-3-4-11(9(2)5-8)14(22)15-13(19)12-6-10(7-18)16(20)21-17(12)23-15/h3-6H,19H2,1-2H3,(H2,20,21). The summed E-state index contributed by atoms with van der Waals surface area (Å²) in [6.45, 7) is 3.87. The van der Waals surface area contributed by atoms with Crippen LogP contribution < -0.4 is 11.5 Å². The Bertz CT molecular complexity index is 998. The lowest BCUT2D eigenvalue weighted by Gasteiger charge is -2.05. The number of ketones is 1. The van der Waals surface area contributed by atoms with Gasteiger partial charge in [0, 0.05) is 10.9 Å². The lowest BCUT2D eigenvalue weighted by atomic mass is 10.0. The van der Waals surface area contributed by atoms with Gasteiger partial charge >= 0.3 is 0 Å². The summed E-state index contributed by atoms with van der Waals surface area (Å²) in [6.07, 6.45) is 0. The minimum atomic E-state index is -0.139. The Kier molecular flexibility index (Phi) is 3.51. The van der Waals surface area contributed by atoms with Crippen LogP contribution in [0.15, 0.2) is 24.3 Å². The van der Waals surface area contributed by atoms with Crippen molar-refractivity contribution in [1.82, 2.24) is 4.98 Å². The molecule has 3 aromatic rings. The molecule has 0 amide bonds. The monoisotopic (exact) mass is 322 g/mol. The summed E-state index contributed by atoms with van der Waals surface area (Å²) in [5.41, 5.74) is 15.1. The van der Waals surface area contributed by atoms with Gasteiger partial charge in [-0.1, -0.05) is 23.8 Å². The predicted molar refractivity (Wildman–Crippen MR) is 92.5 cm³/mol. The molecule has 0 saturated carbocycles. The number of rotatable bonds is 2. The van der Waals surface area contributed by atoms with Crippen molar-refractivity contribution in [2.75, 3.05) is 11.5 Å². The zero-order valence-electron chi connectivity index (χ0n) is 12.7. The molecule has 23 heavy (non-hydrogen) atoms. The van der Waals surface area contributed by atoms with Crippen LogP contribution in [0, 0.1) is 25.2 Å². The first-order chi connectivity index (χ1) is 10.9. The zero-order chi connectivity index (χ0) is 16.7. The molecule has 5 nitrogen and oxygen atoms in total. The van der Waals surface area contributed by atoms with Crippen molar-refractivity contribution in [3.05, 3.63) is 51.4 Å². The number of nitrogens with two attached hydrogens (primary N) is 2. The number of carbonyl (C=O) groups excluding carboxylic acids is 1. The number of nitrogens with zero attached hydrogens (tertiary/aromatic N) is 2. The summed E-state index contributed by atoms with van der Waals surface area (Å²) in [7, 11) is 0. The second-order valence-corrected chi connectivity index (χ2v) is 6.38. The molecular formula is C17H14N4OS. The number of nitriles is 1. The highest BCUT2D eigenvalue weighted by Crippen LogP contribution is 2.36. The summed E-state index contributed by atoms with van der Waals surface area (Å²) in [5, 5.41) is 9.64. The fraction of sp³-hybridized carbons (Fsp3) is 0.118. The van der Waals surface area contributed by atoms with Crippen LogP contribution in [0.4, 0.5) is 11.5 Å². The van der Waals surface area contributed by atoms with Gasteiger partial charge in [-0.2, -0.15) is 5.26 Å². The number of fused-ring (bicyclic) bond motifs is 1. The van der Waals surface area contributed by atoms with E-state index in [1.165, 1.54) is 11.3 Å². The average molecular weight is 322 g/mol. The minimum Gasteiger partial charge on any atom is -0.397 e. The molecule has 0 aliphatic carbocycles. The number of hydrogen-bond donors (Lipinski definition) is 2. The molecule has 2 heterocycles. The van der Waals surface area contributed by atoms with Gasteiger partial charge in [0.05, 0.1) is 11.3 Å². The van der Waals surface area contributed by atoms with Crippen LogP contribution in [0.1, 0.15) is 31.9 Å². The van der Waals surface area contributed by atoms with Crippen molar-refractivity contribution < 1.29 is 4.79 Å². The molecule has 3 rings (SSSR count). The molecule has 1 aromatic carbocycles. The van der Waals surface area contributed by atoms with Crippen LogP contribution in [0.3, 0.4) is 0 Å². The predicted octanol–water partition coefficient (Wildman–Crippen LogP) is 3.18. The van der Waals surface area contributed by atoms with E-state index in [0.717, 1.165) is 11.1 Å². The van der Waals surface area contributed by atoms with E-state index in [9.17, 15) is 4.79 Å². The Hall–Kier alpha value is -2.91. The van der Waals surface area contributed by atoms with Gasteiger partial charge in [0.15, 0.2) is 0 Å². The molecule has 0 bridgehead atoms. The molecule has 114 valence electrons. The number of hydrogen-bond acceptors (Lipinski definition) is 6. The number of nitrogen functional groups attached to an aromatic ring is 2. The second-order valence-electron chi connectivity index (χ2n) is 5.38. The van der Waals surface area contributed by atoms with Crippen LogP contribution in [0.2, 0.25) is 0 Å². The minimum absolute atomic E-state index is 0.139. The number of thiophene rings is 1. The third kappa shape index (κ3) is 2.41. The van der Waals surface area contributed by atoms with E-state index in [0.29, 0.717) is 26.3 Å². The Morgan fingerprint density at radius 3 is 2.65 bits per heavy atom. The summed E-state index contributed by atoms with van der Waals surface area (Å²) in [5.74, 6) is 0.00634. The van der Waals surface area contributed by atoms with Gasteiger partial charge in [-0.25, -0.2) is 4.98 Å². The quantitative estimate of drug-likeness (QED) is 0.705. The normalized spacial score (nSPS) is 10.7. The van der Waals surface area contributed by atoms with Gasteiger partial charge < -0.3 is 11.5 Å². The Labute approximate surface area is 137 Å². The molecule has 0 aliphatic heterocycles. The van der Waals surface area contributed by atoms with E-state index in [1.807, 2.05) is 32.0 Å². The molecule has 2 aromatic heterocycles. The number of pyridine rings is 1. The van der Waals surface area contributed by atoms with E-state index in [1.54, 1.807) is 12.1 Å². The average Bonchev–Trinajstić information content (AvgIpc) is 2.82. The lowest BCUT2D eigenvalue weighted by molar-refractivity contribution is 0.104. The third-order valence-corrected chi connectivity index (χ3v) is 4.82. The number of benzene rings is 1. The number of aryl methyl sites for hydroxylation is 2. The fourth-order valence-electron chi connectivity index (χ4n) is 2.50. The highest BCUT2D eigenvalue weighted by molar-refractivity contribution is 7.21. The van der Waals surface area contributed by atoms with Crippen molar-refractivity contribution in [3.63, 3.8) is 0 Å². The number of aromatic nitrogens is 1. The van der Waals surface area contributed by atoms with Crippen LogP contribution in [0.25, 0.3) is 10.2 Å². The fourth-order valence-corrected chi connectivity index (χ4v) is 3.54. The zero-order valence-corrected chi connectivity index (χ0v) is 13.5. The highest BCUT2D eigenvalue weighted by Gasteiger charge is 2.21. The number of anilines is 2. The van der Waals surface area contributed by atoms with E-state index >= 15 is 0 Å². The molecule has 0 unspecified atom stereocenters. The van der Waals surface area contributed by atoms with Gasteiger partial charge in [0.2, 0.25) is 5.78 Å². The molecule has 6 heteroatoms. The first-order valence-electron chi connectivity index (χ1n) is 6.93. The van der Waals surface area contributed by atoms with E-state index < -0.39 is 0 Å². The number of carbonyl (C=O) groups is 1. The first kappa shape index (κ1) is 15.0. The van der Waals surface area contributed by atoms with Crippen molar-refractivity contribution >= 4 is 38.8 Å². The molecule has 0 saturated heterocycles. The van der Waals surface area contributed by atoms with Crippen LogP contribution >= 0.6 is 11.3 Å². The molecule has 0 aliphatic rings. The maximum atomic E-state index is 12.8. The molecule has 0 radical (unpaired) electrons. The van der Waals surface area contributed by atoms with Crippen LogP contribution in [-0.2, 0) is 0 Å². The maximum Gasteiger partial charge on any atom is 0.205 e. The highest BCUT2D eigenvalue weighted by atomic mass is 32.1. The lowest BCUT2D eigenvalue weighted by Crippen LogP contribution is -2.04. The van der Waals surface area contributed by atoms with E-state index in [4.69, 9.17) is 16.7 Å². The van der Waals surface area contributed by atoms with E-state index in [-0.39, 0.29) is 17.2 Å². The molecule has 0 atom stereocenters. The van der Waals surface area contributed by atoms with Crippen molar-refractivity contribution in [1.29, 1.82) is 5.26 Å². The summed E-state index contributed by atoms with van der Waals surface area (Å²) in [4.78, 5) is 18.0. The first-order valence-corrected chi connectivity index (χ1v) is 7.74. The van der Waals surface area contributed by atoms with Crippen LogP contribution in [-0.4, -0.2) is 10.8 Å². The van der Waals surface area contributed by atoms with Gasteiger partial charge in [-0.15, -0.1) is 11.3 Å². The van der Waals surface area contributed by atoms with E-state index in [2.05, 4.69) is 4.98 Å². The SMILES string of the molecule is Cc1ccc(C(=O)c2sc3nc(N)c(C#N)cc3c2N)c(C)c1. The summed E-state index contributed by atoms with van der Waals surface area (Å²) >= 11 is 1.20. The topological polar surface area (TPSA) is 106 Å². The van der Waals surface area contributed by atoms with Gasteiger partial charge in [-0.3, -0.25) is 4.79 Å². The second kappa shape index (κ2) is 5.38. The van der Waals surface area contributed by atoms with Crippen LogP contribution in [0.5, 0.6) is 0 Å². The van der Waals surface area contributed by atoms with Gasteiger partial charge in [0.25, 0.3) is 0 Å². The maximum absolute atomic E-state index is 12.8. The van der Waals surface area contributed by atoms with Crippen molar-refractivity contribution in [2.24, 2.45) is 0 Å². The summed E-state index contributed by atoms with van der Waals surface area (Å²) < 4.78 is 0. The molecule has 4 N–H and O–H groups in total. The smallest absolute Gasteiger partial charge is 0.205 e. The Balaban J connectivity index is 2.18. The molecular weight excluding hydrogens is 308 g/mol. The molecule has 0 spiro atoms. The van der Waals surface area contributed by atoms with Crippen molar-refractivity contribution in [3.8, 4) is 6.07 Å². The summed E-state index contributed by atoms with van der Waals surface area (Å²) in [6, 6.07) is 9.22. The molecule has 0 fully saturated rings. The largest absolute Gasteiger partial charge is 0.397 e. The Morgan fingerprint density at radius 1 is 1.26 bits per heavy atom. The Morgan fingerprint density at radius 2 is 2.00 bits per heavy atom. The third-order valence-electron chi connectivity index (χ3n) is 3.70. The van der Waals surface area contributed by atoms with Gasteiger partial charge in [-0.05, 0) is 25.5 Å². The van der Waals surface area contributed by atoms with Crippen molar-refractivity contribution in [2.45, 2.75) is 13.8 Å². The van der Waals surface area contributed by atoms with Gasteiger partial charge in [0.1, 0.15) is 21.6 Å².